The summed E-state index contributed by atoms with van der Waals surface area (Å²) in [6.07, 6.45) is 1.95. The average Bonchev–Trinajstić information content (AvgIpc) is 2.95. The number of benzene rings is 2. The number of aromatic nitrogens is 1. The van der Waals surface area contributed by atoms with Gasteiger partial charge in [0.25, 0.3) is 5.91 Å². The summed E-state index contributed by atoms with van der Waals surface area (Å²) in [5.41, 5.74) is 1.55. The second-order valence-corrected chi connectivity index (χ2v) is 7.09. The van der Waals surface area contributed by atoms with Crippen molar-refractivity contribution in [3.8, 4) is 11.5 Å². The van der Waals surface area contributed by atoms with Crippen LogP contribution in [-0.4, -0.2) is 30.9 Å². The van der Waals surface area contributed by atoms with Crippen LogP contribution < -0.4 is 14.3 Å². The van der Waals surface area contributed by atoms with Gasteiger partial charge in [0.1, 0.15) is 0 Å². The predicted octanol–water partition coefficient (Wildman–Crippen LogP) is 3.72. The normalized spacial score (nSPS) is 11.8. The van der Waals surface area contributed by atoms with E-state index in [0.29, 0.717) is 21.9 Å². The highest BCUT2D eigenvalue weighted by Crippen LogP contribution is 2.33. The highest BCUT2D eigenvalue weighted by atomic mass is 32.2. The van der Waals surface area contributed by atoms with E-state index in [1.54, 1.807) is 20.3 Å². The Labute approximate surface area is 153 Å². The zero-order valence-electron chi connectivity index (χ0n) is 14.4. The Morgan fingerprint density at radius 1 is 1.16 bits per heavy atom. The Hall–Kier alpha value is -2.25. The number of nitrogens with zero attached hydrogens (tertiary/aromatic N) is 2. The van der Waals surface area contributed by atoms with Crippen molar-refractivity contribution in [3.05, 3.63) is 46.8 Å². The maximum Gasteiger partial charge on any atom is 0.280 e. The first kappa shape index (κ1) is 17.6. The zero-order chi connectivity index (χ0) is 18.0. The molecule has 0 aliphatic carbocycles. The molecule has 0 N–H and O–H groups in total. The van der Waals surface area contributed by atoms with Gasteiger partial charge in [-0.1, -0.05) is 23.5 Å². The molecule has 2 aromatic carbocycles. The number of carbonyl (C=O) groups is 1. The summed E-state index contributed by atoms with van der Waals surface area (Å²) in [6.45, 7) is 0. The lowest BCUT2D eigenvalue weighted by Gasteiger charge is -2.07. The van der Waals surface area contributed by atoms with Crippen LogP contribution in [0, 0.1) is 0 Å². The van der Waals surface area contributed by atoms with Gasteiger partial charge < -0.3 is 14.0 Å². The monoisotopic (exact) mass is 374 g/mol. The quantitative estimate of drug-likeness (QED) is 0.653. The zero-order valence-corrected chi connectivity index (χ0v) is 16.0. The van der Waals surface area contributed by atoms with Gasteiger partial charge in [-0.2, -0.15) is 4.99 Å². The number of ether oxygens (including phenoxy) is 2. The topological polar surface area (TPSA) is 52.8 Å². The number of fused-ring (bicyclic) bond motifs is 1. The first-order valence-electron chi connectivity index (χ1n) is 7.52. The third-order valence-corrected chi connectivity index (χ3v) is 5.74. The molecule has 0 fully saturated rings. The number of hydrogen-bond acceptors (Lipinski definition) is 5. The molecule has 0 radical (unpaired) electrons. The molecule has 1 heterocycles. The standard InChI is InChI=1S/C18H18N2O3S2/c1-20-12-9-13(22-2)14(23-3)10-16(12)25-18(20)19-17(21)11-7-5-6-8-15(11)24-4/h5-10H,1-4H3. The SMILES string of the molecule is COc1cc2sc(=NC(=O)c3ccccc3SC)n(C)c2cc1OC. The van der Waals surface area contributed by atoms with Crippen LogP contribution in [0.2, 0.25) is 0 Å². The van der Waals surface area contributed by atoms with Crippen LogP contribution >= 0.6 is 23.1 Å². The molecule has 0 aliphatic heterocycles. The Kier molecular flexibility index (Phi) is 5.15. The third kappa shape index (κ3) is 3.29. The van der Waals surface area contributed by atoms with E-state index in [-0.39, 0.29) is 5.91 Å². The van der Waals surface area contributed by atoms with Crippen molar-refractivity contribution in [1.29, 1.82) is 0 Å². The van der Waals surface area contributed by atoms with E-state index in [1.807, 2.05) is 48.2 Å². The Morgan fingerprint density at radius 3 is 2.52 bits per heavy atom. The molecule has 0 spiro atoms. The number of thiazole rings is 1. The summed E-state index contributed by atoms with van der Waals surface area (Å²) in [5, 5.41) is 0. The molecule has 3 rings (SSSR count). The van der Waals surface area contributed by atoms with E-state index < -0.39 is 0 Å². The second-order valence-electron chi connectivity index (χ2n) is 5.24. The lowest BCUT2D eigenvalue weighted by Crippen LogP contribution is -2.13. The molecule has 0 saturated heterocycles. The Bertz CT molecular complexity index is 1010. The molecule has 0 bridgehead atoms. The van der Waals surface area contributed by atoms with Gasteiger partial charge in [-0.3, -0.25) is 4.79 Å². The molecule has 0 saturated carbocycles. The first-order chi connectivity index (χ1) is 12.1. The molecule has 0 aliphatic rings. The van der Waals surface area contributed by atoms with Gasteiger partial charge in [-0.05, 0) is 18.4 Å². The fourth-order valence-corrected chi connectivity index (χ4v) is 4.15. The van der Waals surface area contributed by atoms with Gasteiger partial charge >= 0.3 is 0 Å². The van der Waals surface area contributed by atoms with Gasteiger partial charge in [0, 0.05) is 24.1 Å². The number of thioether (sulfide) groups is 1. The molecule has 1 aromatic heterocycles. The molecule has 0 atom stereocenters. The van der Waals surface area contributed by atoms with Crippen LogP contribution in [0.3, 0.4) is 0 Å². The smallest absolute Gasteiger partial charge is 0.280 e. The Morgan fingerprint density at radius 2 is 1.84 bits per heavy atom. The largest absolute Gasteiger partial charge is 0.493 e. The minimum absolute atomic E-state index is 0.244. The maximum atomic E-state index is 12.6. The highest BCUT2D eigenvalue weighted by Gasteiger charge is 2.13. The molecule has 5 nitrogen and oxygen atoms in total. The van der Waals surface area contributed by atoms with Crippen molar-refractivity contribution in [2.75, 3.05) is 20.5 Å². The Balaban J connectivity index is 2.13. The van der Waals surface area contributed by atoms with Crippen molar-refractivity contribution in [2.24, 2.45) is 12.0 Å². The number of carbonyl (C=O) groups excluding carboxylic acids is 1. The summed E-state index contributed by atoms with van der Waals surface area (Å²) < 4.78 is 13.6. The molecular formula is C18H18N2O3S2. The van der Waals surface area contributed by atoms with Crippen LogP contribution in [0.4, 0.5) is 0 Å². The van der Waals surface area contributed by atoms with Crippen molar-refractivity contribution in [1.82, 2.24) is 4.57 Å². The molecule has 130 valence electrons. The maximum absolute atomic E-state index is 12.6. The first-order valence-corrected chi connectivity index (χ1v) is 9.56. The number of hydrogen-bond donors (Lipinski definition) is 0. The van der Waals surface area contributed by atoms with E-state index in [9.17, 15) is 4.79 Å². The number of aryl methyl sites for hydroxylation is 1. The van der Waals surface area contributed by atoms with Crippen molar-refractivity contribution in [2.45, 2.75) is 4.90 Å². The van der Waals surface area contributed by atoms with Gasteiger partial charge in [0.2, 0.25) is 0 Å². The van der Waals surface area contributed by atoms with E-state index in [4.69, 9.17) is 9.47 Å². The van der Waals surface area contributed by atoms with E-state index in [0.717, 1.165) is 15.1 Å². The van der Waals surface area contributed by atoms with E-state index in [2.05, 4.69) is 4.99 Å². The van der Waals surface area contributed by atoms with Crippen LogP contribution in [0.5, 0.6) is 11.5 Å². The fraction of sp³-hybridized carbons (Fsp3) is 0.222. The van der Waals surface area contributed by atoms with Gasteiger partial charge in [0.15, 0.2) is 16.3 Å². The second kappa shape index (κ2) is 7.33. The molecule has 0 unspecified atom stereocenters. The molecule has 3 aromatic rings. The summed E-state index contributed by atoms with van der Waals surface area (Å²) in [5.74, 6) is 1.06. The predicted molar refractivity (Wildman–Crippen MR) is 102 cm³/mol. The van der Waals surface area contributed by atoms with Crippen molar-refractivity contribution < 1.29 is 14.3 Å². The summed E-state index contributed by atoms with van der Waals surface area (Å²) in [7, 11) is 5.09. The summed E-state index contributed by atoms with van der Waals surface area (Å²) >= 11 is 2.98. The third-order valence-electron chi connectivity index (χ3n) is 3.85. The summed E-state index contributed by atoms with van der Waals surface area (Å²) in [6, 6.07) is 11.3. The van der Waals surface area contributed by atoms with E-state index in [1.165, 1.54) is 23.1 Å². The van der Waals surface area contributed by atoms with Gasteiger partial charge in [-0.25, -0.2) is 0 Å². The van der Waals surface area contributed by atoms with Crippen LogP contribution in [-0.2, 0) is 7.05 Å². The van der Waals surface area contributed by atoms with Crippen molar-refractivity contribution >= 4 is 39.2 Å². The highest BCUT2D eigenvalue weighted by molar-refractivity contribution is 7.98. The molecular weight excluding hydrogens is 356 g/mol. The van der Waals surface area contributed by atoms with Crippen molar-refractivity contribution in [3.63, 3.8) is 0 Å². The number of rotatable bonds is 4. The molecule has 7 heteroatoms. The lowest BCUT2D eigenvalue weighted by molar-refractivity contribution is 0.0995. The van der Waals surface area contributed by atoms with Gasteiger partial charge in [0.05, 0.1) is 30.0 Å². The van der Waals surface area contributed by atoms with Crippen LogP contribution in [0.1, 0.15) is 10.4 Å². The molecule has 1 amide bonds. The number of methoxy groups -OCH3 is 2. The summed E-state index contributed by atoms with van der Waals surface area (Å²) in [4.78, 5) is 18.5. The minimum Gasteiger partial charge on any atom is -0.493 e. The molecule has 25 heavy (non-hydrogen) atoms. The van der Waals surface area contributed by atoms with Crippen LogP contribution in [0.15, 0.2) is 46.3 Å². The van der Waals surface area contributed by atoms with E-state index >= 15 is 0 Å². The average molecular weight is 374 g/mol. The van der Waals surface area contributed by atoms with Gasteiger partial charge in [-0.15, -0.1) is 11.8 Å². The van der Waals surface area contributed by atoms with Crippen LogP contribution in [0.25, 0.3) is 10.2 Å². The minimum atomic E-state index is -0.244. The fourth-order valence-electron chi connectivity index (χ4n) is 2.53. The lowest BCUT2D eigenvalue weighted by atomic mass is 10.2. The number of amides is 1.